The summed E-state index contributed by atoms with van der Waals surface area (Å²) < 4.78 is 25.3. The fourth-order valence-electron chi connectivity index (χ4n) is 1.69. The highest BCUT2D eigenvalue weighted by molar-refractivity contribution is 7.89. The lowest BCUT2D eigenvalue weighted by Gasteiger charge is -2.14. The Morgan fingerprint density at radius 2 is 1.80 bits per heavy atom. The van der Waals surface area contributed by atoms with E-state index in [9.17, 15) is 13.2 Å². The van der Waals surface area contributed by atoms with Gasteiger partial charge in [-0.15, -0.1) is 0 Å². The number of nitrogens with two attached hydrogens (primary N) is 1. The molecule has 0 fully saturated rings. The standard InChI is InChI=1S/C13H21N3O3S/c1-9(2)8-12(14)13(17)16-10-4-6-11(7-5-10)20(18,19)15-3/h4-7,9,12,15H,8,14H2,1-3H3,(H,16,17). The van der Waals surface area contributed by atoms with Crippen LogP contribution in [0.5, 0.6) is 0 Å². The minimum atomic E-state index is -3.46. The van der Waals surface area contributed by atoms with Crippen LogP contribution in [0.15, 0.2) is 29.2 Å². The number of carbonyl (C=O) groups excluding carboxylic acids is 1. The molecule has 1 amide bonds. The van der Waals surface area contributed by atoms with Crippen molar-refractivity contribution in [2.45, 2.75) is 31.2 Å². The number of hydrogen-bond donors (Lipinski definition) is 3. The molecule has 20 heavy (non-hydrogen) atoms. The van der Waals surface area contributed by atoms with Gasteiger partial charge in [-0.25, -0.2) is 13.1 Å². The van der Waals surface area contributed by atoms with Crippen molar-refractivity contribution in [1.29, 1.82) is 0 Å². The molecule has 1 atom stereocenters. The molecular weight excluding hydrogens is 278 g/mol. The first-order valence-corrected chi connectivity index (χ1v) is 7.84. The molecule has 7 heteroatoms. The highest BCUT2D eigenvalue weighted by Crippen LogP contribution is 2.14. The van der Waals surface area contributed by atoms with Crippen molar-refractivity contribution in [3.8, 4) is 0 Å². The van der Waals surface area contributed by atoms with Gasteiger partial charge in [0.2, 0.25) is 15.9 Å². The maximum atomic E-state index is 11.8. The van der Waals surface area contributed by atoms with E-state index < -0.39 is 16.1 Å². The Morgan fingerprint density at radius 3 is 2.25 bits per heavy atom. The molecule has 1 rings (SSSR count). The molecule has 1 unspecified atom stereocenters. The molecule has 0 saturated carbocycles. The fraction of sp³-hybridized carbons (Fsp3) is 0.462. The quantitative estimate of drug-likeness (QED) is 0.726. The van der Waals surface area contributed by atoms with E-state index >= 15 is 0 Å². The van der Waals surface area contributed by atoms with Crippen LogP contribution in [0.25, 0.3) is 0 Å². The molecule has 1 aromatic rings. The predicted molar refractivity (Wildman–Crippen MR) is 78.7 cm³/mol. The third-order valence-corrected chi connectivity index (χ3v) is 4.19. The highest BCUT2D eigenvalue weighted by atomic mass is 32.2. The minimum absolute atomic E-state index is 0.143. The van der Waals surface area contributed by atoms with Gasteiger partial charge < -0.3 is 11.1 Å². The summed E-state index contributed by atoms with van der Waals surface area (Å²) in [5.74, 6) is 0.0572. The molecule has 0 bridgehead atoms. The summed E-state index contributed by atoms with van der Waals surface area (Å²) in [6.45, 7) is 3.98. The minimum Gasteiger partial charge on any atom is -0.325 e. The average Bonchev–Trinajstić information content (AvgIpc) is 2.38. The van der Waals surface area contributed by atoms with E-state index in [2.05, 4.69) is 10.0 Å². The fourth-order valence-corrected chi connectivity index (χ4v) is 2.42. The first kappa shape index (κ1) is 16.6. The Kier molecular flexibility index (Phi) is 5.67. The van der Waals surface area contributed by atoms with E-state index in [1.165, 1.54) is 31.3 Å². The Hall–Kier alpha value is -1.44. The number of carbonyl (C=O) groups is 1. The second-order valence-corrected chi connectivity index (χ2v) is 6.84. The summed E-state index contributed by atoms with van der Waals surface area (Å²) in [6, 6.07) is 5.34. The Labute approximate surface area is 119 Å². The van der Waals surface area contributed by atoms with Crippen molar-refractivity contribution < 1.29 is 13.2 Å². The maximum absolute atomic E-state index is 11.8. The maximum Gasteiger partial charge on any atom is 0.241 e. The van der Waals surface area contributed by atoms with Crippen LogP contribution in [-0.2, 0) is 14.8 Å². The molecule has 0 aromatic heterocycles. The summed E-state index contributed by atoms with van der Waals surface area (Å²) in [4.78, 5) is 12.0. The first-order valence-electron chi connectivity index (χ1n) is 6.36. The van der Waals surface area contributed by atoms with E-state index in [1.807, 2.05) is 13.8 Å². The van der Waals surface area contributed by atoms with E-state index in [-0.39, 0.29) is 10.8 Å². The SMILES string of the molecule is CNS(=O)(=O)c1ccc(NC(=O)C(N)CC(C)C)cc1. The molecule has 1 aromatic carbocycles. The lowest BCUT2D eigenvalue weighted by atomic mass is 10.0. The number of benzene rings is 1. The molecule has 0 aliphatic rings. The van der Waals surface area contributed by atoms with Gasteiger partial charge in [-0.1, -0.05) is 13.8 Å². The summed E-state index contributed by atoms with van der Waals surface area (Å²) >= 11 is 0. The van der Waals surface area contributed by atoms with Crippen LogP contribution in [0.2, 0.25) is 0 Å². The van der Waals surface area contributed by atoms with Gasteiger partial charge in [0.25, 0.3) is 0 Å². The Morgan fingerprint density at radius 1 is 1.25 bits per heavy atom. The highest BCUT2D eigenvalue weighted by Gasteiger charge is 2.16. The summed E-state index contributed by atoms with van der Waals surface area (Å²) in [6.07, 6.45) is 0.595. The first-order chi connectivity index (χ1) is 9.26. The van der Waals surface area contributed by atoms with Gasteiger partial charge in [0, 0.05) is 5.69 Å². The van der Waals surface area contributed by atoms with Gasteiger partial charge in [-0.2, -0.15) is 0 Å². The van der Waals surface area contributed by atoms with Gasteiger partial charge >= 0.3 is 0 Å². The zero-order chi connectivity index (χ0) is 15.3. The monoisotopic (exact) mass is 299 g/mol. The van der Waals surface area contributed by atoms with E-state index in [0.717, 1.165) is 0 Å². The summed E-state index contributed by atoms with van der Waals surface area (Å²) in [5, 5.41) is 2.66. The van der Waals surface area contributed by atoms with E-state index in [0.29, 0.717) is 18.0 Å². The van der Waals surface area contributed by atoms with Crippen molar-refractivity contribution in [3.63, 3.8) is 0 Å². The molecule has 0 saturated heterocycles. The van der Waals surface area contributed by atoms with Crippen LogP contribution in [-0.4, -0.2) is 27.4 Å². The molecule has 6 nitrogen and oxygen atoms in total. The number of amides is 1. The average molecular weight is 299 g/mol. The molecule has 0 heterocycles. The third-order valence-electron chi connectivity index (χ3n) is 2.76. The van der Waals surface area contributed by atoms with Gasteiger partial charge in [0.05, 0.1) is 10.9 Å². The molecule has 0 aliphatic carbocycles. The lowest BCUT2D eigenvalue weighted by Crippen LogP contribution is -2.36. The van der Waals surface area contributed by atoms with Crippen molar-refractivity contribution in [2.24, 2.45) is 11.7 Å². The second-order valence-electron chi connectivity index (χ2n) is 4.96. The number of sulfonamides is 1. The molecule has 4 N–H and O–H groups in total. The van der Waals surface area contributed by atoms with Crippen molar-refractivity contribution in [1.82, 2.24) is 4.72 Å². The van der Waals surface area contributed by atoms with Crippen LogP contribution in [0.1, 0.15) is 20.3 Å². The molecule has 0 radical (unpaired) electrons. The largest absolute Gasteiger partial charge is 0.325 e. The zero-order valence-electron chi connectivity index (χ0n) is 11.9. The molecule has 112 valence electrons. The van der Waals surface area contributed by atoms with Crippen LogP contribution >= 0.6 is 0 Å². The summed E-state index contributed by atoms with van der Waals surface area (Å²) in [5.41, 5.74) is 6.29. The third kappa shape index (κ3) is 4.59. The number of nitrogens with one attached hydrogen (secondary N) is 2. The van der Waals surface area contributed by atoms with Crippen molar-refractivity contribution >= 4 is 21.6 Å². The van der Waals surface area contributed by atoms with Gasteiger partial charge in [0.1, 0.15) is 0 Å². The van der Waals surface area contributed by atoms with Crippen LogP contribution in [0, 0.1) is 5.92 Å². The Balaban J connectivity index is 2.73. The van der Waals surface area contributed by atoms with E-state index in [1.54, 1.807) is 0 Å². The van der Waals surface area contributed by atoms with Gasteiger partial charge in [0.15, 0.2) is 0 Å². The van der Waals surface area contributed by atoms with Crippen molar-refractivity contribution in [3.05, 3.63) is 24.3 Å². The normalized spacial score (nSPS) is 13.2. The van der Waals surface area contributed by atoms with Crippen LogP contribution < -0.4 is 15.8 Å². The summed E-state index contributed by atoms with van der Waals surface area (Å²) in [7, 11) is -2.12. The van der Waals surface area contributed by atoms with Gasteiger partial charge in [-0.3, -0.25) is 4.79 Å². The van der Waals surface area contributed by atoms with Crippen LogP contribution in [0.4, 0.5) is 5.69 Å². The Bertz CT molecular complexity index is 553. The number of hydrogen-bond acceptors (Lipinski definition) is 4. The number of rotatable bonds is 6. The molecule has 0 aliphatic heterocycles. The van der Waals surface area contributed by atoms with Crippen molar-refractivity contribution in [2.75, 3.05) is 12.4 Å². The van der Waals surface area contributed by atoms with Crippen LogP contribution in [0.3, 0.4) is 0 Å². The predicted octanol–water partition coefficient (Wildman–Crippen LogP) is 0.907. The zero-order valence-corrected chi connectivity index (χ0v) is 12.7. The lowest BCUT2D eigenvalue weighted by molar-refractivity contribution is -0.117. The molecule has 0 spiro atoms. The molecular formula is C13H21N3O3S. The van der Waals surface area contributed by atoms with E-state index in [4.69, 9.17) is 5.73 Å². The topological polar surface area (TPSA) is 101 Å². The smallest absolute Gasteiger partial charge is 0.241 e. The van der Waals surface area contributed by atoms with Gasteiger partial charge in [-0.05, 0) is 43.7 Å². The second kappa shape index (κ2) is 6.83. The number of anilines is 1.